The first-order valence-corrected chi connectivity index (χ1v) is 11.4. The predicted octanol–water partition coefficient (Wildman–Crippen LogP) is 5.57. The number of hydrogen-bond donors (Lipinski definition) is 1. The number of carbonyl (C=O) groups is 1. The fourth-order valence-corrected chi connectivity index (χ4v) is 4.21. The van der Waals surface area contributed by atoms with Crippen LogP contribution in [0.4, 0.5) is 10.8 Å². The van der Waals surface area contributed by atoms with Gasteiger partial charge in [-0.2, -0.15) is 0 Å². The van der Waals surface area contributed by atoms with E-state index >= 15 is 0 Å². The standard InChI is InChI=1S/C24H33N3O3/c1-2-3-15-29-24(28)27-13-11-18(12-14-27)16-21(19-9-10-19)26-23-25-17-22(30-23)20-7-5-4-6-8-20/h4-8,17-19,21H,2-3,9-16H2,1H3,(H,25,26). The van der Waals surface area contributed by atoms with Crippen molar-refractivity contribution in [1.82, 2.24) is 9.88 Å². The summed E-state index contributed by atoms with van der Waals surface area (Å²) in [6.07, 6.45) is 9.34. The number of oxazole rings is 1. The van der Waals surface area contributed by atoms with Gasteiger partial charge < -0.3 is 19.4 Å². The topological polar surface area (TPSA) is 67.6 Å². The molecule has 2 heterocycles. The van der Waals surface area contributed by atoms with Crippen molar-refractivity contribution in [2.45, 2.75) is 57.9 Å². The minimum Gasteiger partial charge on any atom is -0.449 e. The molecule has 1 atom stereocenters. The molecule has 2 aliphatic rings. The van der Waals surface area contributed by atoms with Crippen molar-refractivity contribution in [1.29, 1.82) is 0 Å². The smallest absolute Gasteiger partial charge is 0.409 e. The van der Waals surface area contributed by atoms with E-state index in [0.717, 1.165) is 56.5 Å². The van der Waals surface area contributed by atoms with Crippen LogP contribution < -0.4 is 5.32 Å². The molecule has 2 aromatic rings. The number of piperidine rings is 1. The van der Waals surface area contributed by atoms with E-state index in [2.05, 4.69) is 17.2 Å². The van der Waals surface area contributed by atoms with Crippen molar-refractivity contribution in [3.63, 3.8) is 0 Å². The van der Waals surface area contributed by atoms with E-state index in [0.29, 0.717) is 30.5 Å². The monoisotopic (exact) mass is 411 g/mol. The third-order valence-corrected chi connectivity index (χ3v) is 6.25. The van der Waals surface area contributed by atoms with Crippen LogP contribution in [0.25, 0.3) is 11.3 Å². The number of nitrogens with one attached hydrogen (secondary N) is 1. The summed E-state index contributed by atoms with van der Waals surface area (Å²) < 4.78 is 11.3. The Morgan fingerprint density at radius 3 is 2.70 bits per heavy atom. The molecule has 1 aliphatic carbocycles. The number of amides is 1. The van der Waals surface area contributed by atoms with E-state index in [1.54, 1.807) is 6.20 Å². The molecule has 0 bridgehead atoms. The minimum atomic E-state index is -0.146. The molecule has 1 aromatic heterocycles. The summed E-state index contributed by atoms with van der Waals surface area (Å²) in [6.45, 7) is 4.22. The average molecular weight is 412 g/mol. The van der Waals surface area contributed by atoms with Gasteiger partial charge in [0.2, 0.25) is 0 Å². The van der Waals surface area contributed by atoms with E-state index in [9.17, 15) is 4.79 Å². The molecule has 0 spiro atoms. The number of nitrogens with zero attached hydrogens (tertiary/aromatic N) is 2. The summed E-state index contributed by atoms with van der Waals surface area (Å²) in [5.74, 6) is 2.11. The lowest BCUT2D eigenvalue weighted by Gasteiger charge is -2.33. The van der Waals surface area contributed by atoms with Gasteiger partial charge in [0.05, 0.1) is 12.8 Å². The Bertz CT molecular complexity index is 795. The Kier molecular flexibility index (Phi) is 6.92. The lowest BCUT2D eigenvalue weighted by atomic mass is 9.89. The van der Waals surface area contributed by atoms with Crippen molar-refractivity contribution in [2.24, 2.45) is 11.8 Å². The SMILES string of the molecule is CCCCOC(=O)N1CCC(CC(Nc2ncc(-c3ccccc3)o2)C2CC2)CC1. The Balaban J connectivity index is 1.27. The zero-order valence-electron chi connectivity index (χ0n) is 17.9. The van der Waals surface area contributed by atoms with Crippen LogP contribution in [0.1, 0.15) is 51.9 Å². The summed E-state index contributed by atoms with van der Waals surface area (Å²) in [4.78, 5) is 18.5. The van der Waals surface area contributed by atoms with Crippen molar-refractivity contribution in [3.8, 4) is 11.3 Å². The quantitative estimate of drug-likeness (QED) is 0.546. The Labute approximate surface area is 179 Å². The second-order valence-electron chi connectivity index (χ2n) is 8.62. The van der Waals surface area contributed by atoms with Gasteiger partial charge in [0, 0.05) is 24.7 Å². The van der Waals surface area contributed by atoms with Crippen molar-refractivity contribution in [3.05, 3.63) is 36.5 Å². The molecule has 162 valence electrons. The van der Waals surface area contributed by atoms with Gasteiger partial charge in [0.25, 0.3) is 6.01 Å². The van der Waals surface area contributed by atoms with Crippen LogP contribution in [0, 0.1) is 11.8 Å². The van der Waals surface area contributed by atoms with Crippen LogP contribution in [0.5, 0.6) is 0 Å². The molecule has 4 rings (SSSR count). The summed E-state index contributed by atoms with van der Waals surface area (Å²) >= 11 is 0. The Morgan fingerprint density at radius 2 is 2.00 bits per heavy atom. The molecule has 6 heteroatoms. The third-order valence-electron chi connectivity index (χ3n) is 6.25. The molecule has 2 fully saturated rings. The van der Waals surface area contributed by atoms with Gasteiger partial charge in [-0.15, -0.1) is 0 Å². The Hall–Kier alpha value is -2.50. The number of benzene rings is 1. The molecule has 1 N–H and O–H groups in total. The maximum atomic E-state index is 12.2. The molecule has 6 nitrogen and oxygen atoms in total. The molecule has 0 radical (unpaired) electrons. The van der Waals surface area contributed by atoms with Crippen LogP contribution in [-0.2, 0) is 4.74 Å². The van der Waals surface area contributed by atoms with E-state index in [1.807, 2.05) is 35.2 Å². The van der Waals surface area contributed by atoms with Crippen LogP contribution in [-0.4, -0.2) is 41.7 Å². The molecule has 1 aromatic carbocycles. The second kappa shape index (κ2) is 10.0. The number of rotatable bonds is 9. The number of carbonyl (C=O) groups excluding carboxylic acids is 1. The number of aromatic nitrogens is 1. The van der Waals surface area contributed by atoms with Crippen LogP contribution in [0.15, 0.2) is 40.9 Å². The number of ether oxygens (including phenoxy) is 1. The molecule has 1 aliphatic heterocycles. The zero-order chi connectivity index (χ0) is 20.8. The summed E-state index contributed by atoms with van der Waals surface area (Å²) in [5, 5.41) is 3.56. The maximum Gasteiger partial charge on any atom is 0.409 e. The first-order valence-electron chi connectivity index (χ1n) is 11.4. The highest BCUT2D eigenvalue weighted by molar-refractivity contribution is 5.67. The number of hydrogen-bond acceptors (Lipinski definition) is 5. The first-order chi connectivity index (χ1) is 14.7. The highest BCUT2D eigenvalue weighted by Crippen LogP contribution is 2.38. The van der Waals surface area contributed by atoms with Crippen LogP contribution in [0.3, 0.4) is 0 Å². The maximum absolute atomic E-state index is 12.2. The fraction of sp³-hybridized carbons (Fsp3) is 0.583. The van der Waals surface area contributed by atoms with Gasteiger partial charge in [-0.25, -0.2) is 9.78 Å². The molecular formula is C24H33N3O3. The number of unbranched alkanes of at least 4 members (excludes halogenated alkanes) is 1. The third kappa shape index (κ3) is 5.55. The zero-order valence-corrected chi connectivity index (χ0v) is 17.9. The molecule has 1 saturated heterocycles. The van der Waals surface area contributed by atoms with Gasteiger partial charge in [-0.3, -0.25) is 0 Å². The van der Waals surface area contributed by atoms with Gasteiger partial charge in [0.1, 0.15) is 0 Å². The summed E-state index contributed by atoms with van der Waals surface area (Å²) in [6, 6.07) is 11.1. The Morgan fingerprint density at radius 1 is 1.23 bits per heavy atom. The first kappa shape index (κ1) is 20.8. The van der Waals surface area contributed by atoms with Crippen LogP contribution >= 0.6 is 0 Å². The second-order valence-corrected chi connectivity index (χ2v) is 8.62. The largest absolute Gasteiger partial charge is 0.449 e. The minimum absolute atomic E-state index is 0.146. The predicted molar refractivity (Wildman–Crippen MR) is 117 cm³/mol. The molecule has 1 amide bonds. The van der Waals surface area contributed by atoms with Crippen molar-refractivity contribution < 1.29 is 13.9 Å². The number of likely N-dealkylation sites (tertiary alicyclic amines) is 1. The molecule has 30 heavy (non-hydrogen) atoms. The van der Waals surface area contributed by atoms with E-state index in [4.69, 9.17) is 9.15 Å². The highest BCUT2D eigenvalue weighted by Gasteiger charge is 2.35. The number of anilines is 1. The lowest BCUT2D eigenvalue weighted by Crippen LogP contribution is -2.40. The van der Waals surface area contributed by atoms with Gasteiger partial charge in [0.15, 0.2) is 5.76 Å². The van der Waals surface area contributed by atoms with Gasteiger partial charge >= 0.3 is 6.09 Å². The molecule has 1 saturated carbocycles. The van der Waals surface area contributed by atoms with Crippen molar-refractivity contribution >= 4 is 12.1 Å². The van der Waals surface area contributed by atoms with Crippen molar-refractivity contribution in [2.75, 3.05) is 25.0 Å². The van der Waals surface area contributed by atoms with Crippen LogP contribution in [0.2, 0.25) is 0 Å². The molecule has 1 unspecified atom stereocenters. The fourth-order valence-electron chi connectivity index (χ4n) is 4.21. The lowest BCUT2D eigenvalue weighted by molar-refractivity contribution is 0.0852. The average Bonchev–Trinajstić information content (AvgIpc) is 3.53. The normalized spacial score (nSPS) is 18.2. The highest BCUT2D eigenvalue weighted by atomic mass is 16.6. The van der Waals surface area contributed by atoms with E-state index < -0.39 is 0 Å². The van der Waals surface area contributed by atoms with E-state index in [-0.39, 0.29) is 6.09 Å². The molecular weight excluding hydrogens is 378 g/mol. The summed E-state index contributed by atoms with van der Waals surface area (Å²) in [7, 11) is 0. The summed E-state index contributed by atoms with van der Waals surface area (Å²) in [5.41, 5.74) is 1.04. The van der Waals surface area contributed by atoms with Gasteiger partial charge in [-0.05, 0) is 50.4 Å². The van der Waals surface area contributed by atoms with E-state index in [1.165, 1.54) is 12.8 Å². The van der Waals surface area contributed by atoms with Gasteiger partial charge in [-0.1, -0.05) is 43.7 Å².